The first-order chi connectivity index (χ1) is 10.2. The minimum Gasteiger partial charge on any atom is -0.494 e. The summed E-state index contributed by atoms with van der Waals surface area (Å²) in [7, 11) is 0. The number of hydrogen-bond acceptors (Lipinski definition) is 5. The van der Waals surface area contributed by atoms with Crippen LogP contribution in [0.25, 0.3) is 10.6 Å². The highest BCUT2D eigenvalue weighted by atomic mass is 32.1. The van der Waals surface area contributed by atoms with Crippen molar-refractivity contribution in [3.05, 3.63) is 35.3 Å². The van der Waals surface area contributed by atoms with Gasteiger partial charge in [0.15, 0.2) is 0 Å². The predicted octanol–water partition coefficient (Wildman–Crippen LogP) is 1.83. The molecular formula is C15H19N3O2S. The topological polar surface area (TPSA) is 77.2 Å². The highest BCUT2D eigenvalue weighted by Gasteiger charge is 2.08. The van der Waals surface area contributed by atoms with Gasteiger partial charge in [0.25, 0.3) is 0 Å². The Balaban J connectivity index is 2.00. The summed E-state index contributed by atoms with van der Waals surface area (Å²) in [6.45, 7) is 3.55. The highest BCUT2D eigenvalue weighted by molar-refractivity contribution is 7.13. The molecule has 0 saturated heterocycles. The first-order valence-electron chi connectivity index (χ1n) is 6.87. The number of ether oxygens (including phenoxy) is 1. The molecule has 1 amide bonds. The molecule has 1 aromatic heterocycles. The van der Waals surface area contributed by atoms with E-state index in [9.17, 15) is 4.79 Å². The average molecular weight is 305 g/mol. The summed E-state index contributed by atoms with van der Waals surface area (Å²) in [5, 5.41) is 5.55. The van der Waals surface area contributed by atoms with Crippen LogP contribution in [0.4, 0.5) is 0 Å². The molecule has 0 saturated carbocycles. The molecule has 0 radical (unpaired) electrons. The van der Waals surface area contributed by atoms with E-state index in [1.54, 1.807) is 0 Å². The van der Waals surface area contributed by atoms with Crippen molar-refractivity contribution in [1.82, 2.24) is 10.3 Å². The molecule has 0 spiro atoms. The van der Waals surface area contributed by atoms with Crippen molar-refractivity contribution >= 4 is 17.2 Å². The largest absolute Gasteiger partial charge is 0.494 e. The van der Waals surface area contributed by atoms with E-state index in [0.29, 0.717) is 19.7 Å². The third-order valence-electron chi connectivity index (χ3n) is 2.77. The second-order valence-corrected chi connectivity index (χ2v) is 5.27. The van der Waals surface area contributed by atoms with Gasteiger partial charge in [-0.2, -0.15) is 0 Å². The van der Waals surface area contributed by atoms with Crippen LogP contribution in [-0.4, -0.2) is 30.6 Å². The van der Waals surface area contributed by atoms with Crippen LogP contribution in [-0.2, 0) is 11.2 Å². The highest BCUT2D eigenvalue weighted by Crippen LogP contribution is 2.25. The van der Waals surface area contributed by atoms with E-state index in [1.807, 2.05) is 36.6 Å². The number of hydrogen-bond donors (Lipinski definition) is 2. The molecule has 0 atom stereocenters. The van der Waals surface area contributed by atoms with Crippen LogP contribution >= 0.6 is 11.3 Å². The number of thiazole rings is 1. The van der Waals surface area contributed by atoms with Crippen molar-refractivity contribution in [3.8, 4) is 16.3 Å². The number of nitrogens with two attached hydrogens (primary N) is 1. The molecule has 0 aliphatic heterocycles. The van der Waals surface area contributed by atoms with Crippen molar-refractivity contribution < 1.29 is 9.53 Å². The van der Waals surface area contributed by atoms with Crippen LogP contribution < -0.4 is 15.8 Å². The van der Waals surface area contributed by atoms with Gasteiger partial charge in [-0.3, -0.25) is 4.79 Å². The fourth-order valence-electron chi connectivity index (χ4n) is 1.82. The summed E-state index contributed by atoms with van der Waals surface area (Å²) in [4.78, 5) is 16.1. The smallest absolute Gasteiger partial charge is 0.226 e. The Morgan fingerprint density at radius 1 is 1.38 bits per heavy atom. The van der Waals surface area contributed by atoms with Gasteiger partial charge < -0.3 is 15.8 Å². The van der Waals surface area contributed by atoms with Crippen LogP contribution in [0.2, 0.25) is 0 Å². The molecule has 21 heavy (non-hydrogen) atoms. The summed E-state index contributed by atoms with van der Waals surface area (Å²) in [5.74, 6) is 0.795. The number of nitrogens with zero attached hydrogens (tertiary/aromatic N) is 1. The van der Waals surface area contributed by atoms with Crippen LogP contribution in [0, 0.1) is 0 Å². The number of benzene rings is 1. The van der Waals surface area contributed by atoms with Crippen molar-refractivity contribution in [2.75, 3.05) is 19.7 Å². The van der Waals surface area contributed by atoms with E-state index < -0.39 is 0 Å². The molecular weight excluding hydrogens is 286 g/mol. The normalized spacial score (nSPS) is 10.4. The fraction of sp³-hybridized carbons (Fsp3) is 0.333. The van der Waals surface area contributed by atoms with Crippen LogP contribution in [0.5, 0.6) is 5.75 Å². The van der Waals surface area contributed by atoms with Crippen molar-refractivity contribution in [1.29, 1.82) is 0 Å². The lowest BCUT2D eigenvalue weighted by Crippen LogP contribution is -2.30. The zero-order valence-corrected chi connectivity index (χ0v) is 12.8. The van der Waals surface area contributed by atoms with Gasteiger partial charge in [0.2, 0.25) is 5.91 Å². The molecule has 112 valence electrons. The monoisotopic (exact) mass is 305 g/mol. The fourth-order valence-corrected chi connectivity index (χ4v) is 2.65. The van der Waals surface area contributed by atoms with Gasteiger partial charge in [0, 0.05) is 24.0 Å². The second-order valence-electron chi connectivity index (χ2n) is 4.42. The predicted molar refractivity (Wildman–Crippen MR) is 84.5 cm³/mol. The molecule has 2 rings (SSSR count). The first kappa shape index (κ1) is 15.5. The SMILES string of the molecule is CCOc1ccc(-c2nc(CC(=O)NCCN)cs2)cc1. The van der Waals surface area contributed by atoms with Gasteiger partial charge in [-0.1, -0.05) is 0 Å². The average Bonchev–Trinajstić information content (AvgIpc) is 2.94. The number of rotatable bonds is 7. The maximum Gasteiger partial charge on any atom is 0.226 e. The van der Waals surface area contributed by atoms with Crippen LogP contribution in [0.15, 0.2) is 29.6 Å². The first-order valence-corrected chi connectivity index (χ1v) is 7.75. The molecule has 1 heterocycles. The third-order valence-corrected chi connectivity index (χ3v) is 3.71. The van der Waals surface area contributed by atoms with E-state index in [0.717, 1.165) is 22.0 Å². The van der Waals surface area contributed by atoms with Gasteiger partial charge in [0.05, 0.1) is 18.7 Å². The zero-order valence-electron chi connectivity index (χ0n) is 12.0. The van der Waals surface area contributed by atoms with Gasteiger partial charge >= 0.3 is 0 Å². The molecule has 1 aromatic carbocycles. The standard InChI is InChI=1S/C15H19N3O2S/c1-2-20-13-5-3-11(4-6-13)15-18-12(10-21-15)9-14(19)17-8-7-16/h3-6,10H,2,7-9,16H2,1H3,(H,17,19). The number of carbonyl (C=O) groups is 1. The molecule has 3 N–H and O–H groups in total. The van der Waals surface area contributed by atoms with Crippen molar-refractivity contribution in [2.45, 2.75) is 13.3 Å². The second kappa shape index (κ2) is 7.75. The summed E-state index contributed by atoms with van der Waals surface area (Å²) in [6, 6.07) is 7.80. The van der Waals surface area contributed by atoms with Crippen molar-refractivity contribution in [2.24, 2.45) is 5.73 Å². The quantitative estimate of drug-likeness (QED) is 0.818. The summed E-state index contributed by atoms with van der Waals surface area (Å²) < 4.78 is 5.41. The summed E-state index contributed by atoms with van der Waals surface area (Å²) in [5.41, 5.74) is 7.15. The van der Waals surface area contributed by atoms with Gasteiger partial charge in [-0.15, -0.1) is 11.3 Å². The lowest BCUT2D eigenvalue weighted by atomic mass is 10.2. The van der Waals surface area contributed by atoms with Crippen molar-refractivity contribution in [3.63, 3.8) is 0 Å². The molecule has 0 aliphatic carbocycles. The minimum atomic E-state index is -0.0519. The Morgan fingerprint density at radius 2 is 2.14 bits per heavy atom. The third kappa shape index (κ3) is 4.54. The Hall–Kier alpha value is -1.92. The number of nitrogens with one attached hydrogen (secondary N) is 1. The summed E-state index contributed by atoms with van der Waals surface area (Å²) in [6.07, 6.45) is 0.285. The van der Waals surface area contributed by atoms with E-state index in [4.69, 9.17) is 10.5 Å². The molecule has 6 heteroatoms. The van der Waals surface area contributed by atoms with Gasteiger partial charge in [-0.25, -0.2) is 4.98 Å². The Bertz CT molecular complexity index is 581. The number of carbonyl (C=O) groups excluding carboxylic acids is 1. The lowest BCUT2D eigenvalue weighted by Gasteiger charge is -2.03. The number of amides is 1. The Morgan fingerprint density at radius 3 is 2.81 bits per heavy atom. The van der Waals surface area contributed by atoms with Crippen LogP contribution in [0.1, 0.15) is 12.6 Å². The van der Waals surface area contributed by atoms with E-state index in [-0.39, 0.29) is 12.3 Å². The van der Waals surface area contributed by atoms with E-state index in [2.05, 4.69) is 10.3 Å². The molecule has 0 bridgehead atoms. The Labute approximate surface area is 128 Å². The lowest BCUT2D eigenvalue weighted by molar-refractivity contribution is -0.120. The number of aromatic nitrogens is 1. The summed E-state index contributed by atoms with van der Waals surface area (Å²) >= 11 is 1.53. The maximum absolute atomic E-state index is 11.6. The van der Waals surface area contributed by atoms with Gasteiger partial charge in [-0.05, 0) is 31.2 Å². The van der Waals surface area contributed by atoms with Gasteiger partial charge in [0.1, 0.15) is 10.8 Å². The van der Waals surface area contributed by atoms with E-state index >= 15 is 0 Å². The molecule has 0 unspecified atom stereocenters. The molecule has 0 fully saturated rings. The molecule has 2 aromatic rings. The Kier molecular flexibility index (Phi) is 5.71. The minimum absolute atomic E-state index is 0.0519. The van der Waals surface area contributed by atoms with Crippen LogP contribution in [0.3, 0.4) is 0 Å². The molecule has 5 nitrogen and oxygen atoms in total. The van der Waals surface area contributed by atoms with E-state index in [1.165, 1.54) is 11.3 Å². The molecule has 0 aliphatic rings. The zero-order chi connectivity index (χ0) is 15.1. The maximum atomic E-state index is 11.6.